The first-order valence-corrected chi connectivity index (χ1v) is 9.78. The van der Waals surface area contributed by atoms with Gasteiger partial charge in [0.2, 0.25) is 0 Å². The van der Waals surface area contributed by atoms with Crippen LogP contribution in [0.5, 0.6) is 5.75 Å². The van der Waals surface area contributed by atoms with Crippen LogP contribution in [-0.4, -0.2) is 34.7 Å². The molecule has 0 unspecified atom stereocenters. The maximum absolute atomic E-state index is 15.2. The van der Waals surface area contributed by atoms with Gasteiger partial charge in [0.15, 0.2) is 23.1 Å². The number of aromatic nitrogens is 3. The third kappa shape index (κ3) is 3.63. The lowest BCUT2D eigenvalue weighted by atomic mass is 10.1. The normalized spacial score (nSPS) is 11.0. The van der Waals surface area contributed by atoms with E-state index in [2.05, 4.69) is 9.97 Å². The smallest absolute Gasteiger partial charge is 0.357 e. The molecule has 0 aliphatic carbocycles. The van der Waals surface area contributed by atoms with Crippen molar-refractivity contribution in [1.29, 1.82) is 0 Å². The van der Waals surface area contributed by atoms with Crippen molar-refractivity contribution in [3.05, 3.63) is 76.9 Å². The highest BCUT2D eigenvalue weighted by Gasteiger charge is 2.23. The summed E-state index contributed by atoms with van der Waals surface area (Å²) >= 11 is 0. The van der Waals surface area contributed by atoms with Gasteiger partial charge in [-0.1, -0.05) is 36.4 Å². The molecule has 2 aromatic heterocycles. The number of esters is 1. The van der Waals surface area contributed by atoms with Crippen LogP contribution < -0.4 is 4.74 Å². The summed E-state index contributed by atoms with van der Waals surface area (Å²) in [6.07, 6.45) is 0. The monoisotopic (exact) mass is 419 g/mol. The molecule has 0 atom stereocenters. The third-order valence-electron chi connectivity index (χ3n) is 5.26. The van der Waals surface area contributed by atoms with Crippen molar-refractivity contribution in [2.24, 2.45) is 0 Å². The van der Waals surface area contributed by atoms with Crippen LogP contribution in [0.1, 0.15) is 27.3 Å². The minimum atomic E-state index is -0.606. The molecule has 31 heavy (non-hydrogen) atoms. The van der Waals surface area contributed by atoms with E-state index in [0.29, 0.717) is 23.1 Å². The second kappa shape index (κ2) is 8.18. The molecule has 0 amide bonds. The first-order chi connectivity index (χ1) is 14.9. The third-order valence-corrected chi connectivity index (χ3v) is 5.26. The molecule has 7 heteroatoms. The van der Waals surface area contributed by atoms with E-state index < -0.39 is 11.8 Å². The molecule has 2 heterocycles. The quantitative estimate of drug-likeness (QED) is 0.439. The van der Waals surface area contributed by atoms with Crippen molar-refractivity contribution < 1.29 is 18.7 Å². The number of ether oxygens (including phenoxy) is 2. The van der Waals surface area contributed by atoms with Crippen LogP contribution in [0.2, 0.25) is 0 Å². The van der Waals surface area contributed by atoms with Gasteiger partial charge in [0.05, 0.1) is 25.2 Å². The molecule has 4 rings (SSSR count). The van der Waals surface area contributed by atoms with E-state index in [0.717, 1.165) is 11.3 Å². The number of aryl methyl sites for hydroxylation is 2. The summed E-state index contributed by atoms with van der Waals surface area (Å²) in [6, 6.07) is 15.1. The number of carbonyl (C=O) groups is 1. The number of carbonyl (C=O) groups excluding carboxylic acids is 1. The molecule has 0 aliphatic rings. The zero-order valence-corrected chi connectivity index (χ0v) is 17.8. The molecule has 0 saturated heterocycles. The van der Waals surface area contributed by atoms with Crippen LogP contribution in [0.25, 0.3) is 22.4 Å². The topological polar surface area (TPSA) is 66.2 Å². The van der Waals surface area contributed by atoms with Gasteiger partial charge < -0.3 is 14.0 Å². The van der Waals surface area contributed by atoms with Crippen LogP contribution >= 0.6 is 0 Å². The Kier molecular flexibility index (Phi) is 5.42. The van der Waals surface area contributed by atoms with Gasteiger partial charge in [-0.15, -0.1) is 0 Å². The van der Waals surface area contributed by atoms with Gasteiger partial charge in [-0.3, -0.25) is 0 Å². The summed E-state index contributed by atoms with van der Waals surface area (Å²) in [6.45, 7) is 4.23. The Labute approximate surface area is 179 Å². The second-order valence-corrected chi connectivity index (χ2v) is 7.26. The number of fused-ring (bicyclic) bond motifs is 1. The first-order valence-electron chi connectivity index (χ1n) is 9.78. The van der Waals surface area contributed by atoms with Crippen LogP contribution in [0.4, 0.5) is 4.39 Å². The van der Waals surface area contributed by atoms with E-state index >= 15 is 4.39 Å². The molecule has 158 valence electrons. The van der Waals surface area contributed by atoms with Crippen molar-refractivity contribution in [2.75, 3.05) is 14.2 Å². The van der Waals surface area contributed by atoms with E-state index in [1.54, 1.807) is 19.1 Å². The van der Waals surface area contributed by atoms with Gasteiger partial charge in [0.25, 0.3) is 0 Å². The number of nitrogens with zero attached hydrogens (tertiary/aromatic N) is 3. The molecule has 0 fully saturated rings. The summed E-state index contributed by atoms with van der Waals surface area (Å²) in [5.74, 6) is -0.965. The highest BCUT2D eigenvalue weighted by molar-refractivity contribution is 6.02. The Balaban J connectivity index is 1.98. The van der Waals surface area contributed by atoms with Crippen molar-refractivity contribution in [3.63, 3.8) is 0 Å². The molecule has 6 nitrogen and oxygen atoms in total. The van der Waals surface area contributed by atoms with E-state index in [9.17, 15) is 4.79 Å². The van der Waals surface area contributed by atoms with Crippen LogP contribution in [0.15, 0.2) is 48.5 Å². The van der Waals surface area contributed by atoms with Crippen molar-refractivity contribution >= 4 is 17.0 Å². The fourth-order valence-electron chi connectivity index (χ4n) is 3.66. The molecule has 2 aromatic carbocycles. The summed E-state index contributed by atoms with van der Waals surface area (Å²) in [4.78, 5) is 21.5. The molecule has 0 N–H and O–H groups in total. The maximum Gasteiger partial charge on any atom is 0.357 e. The molecule has 0 bridgehead atoms. The van der Waals surface area contributed by atoms with Crippen molar-refractivity contribution in [1.82, 2.24) is 14.5 Å². The summed E-state index contributed by atoms with van der Waals surface area (Å²) < 4.78 is 27.3. The van der Waals surface area contributed by atoms with Crippen molar-refractivity contribution in [3.8, 4) is 17.1 Å². The Morgan fingerprint density at radius 1 is 1.06 bits per heavy atom. The molecular weight excluding hydrogens is 397 g/mol. The molecule has 0 saturated carbocycles. The number of methoxy groups -OCH3 is 2. The van der Waals surface area contributed by atoms with E-state index in [1.165, 1.54) is 14.2 Å². The zero-order chi connectivity index (χ0) is 22.1. The SMILES string of the molecule is COC(=O)c1nc(-c2ccc(C)c(OC)c2F)nc2c1cc(C)n2Cc1ccccc1. The molecule has 0 radical (unpaired) electrons. The summed E-state index contributed by atoms with van der Waals surface area (Å²) in [5, 5.41) is 0.559. The lowest BCUT2D eigenvalue weighted by Gasteiger charge is -2.12. The zero-order valence-electron chi connectivity index (χ0n) is 17.8. The lowest BCUT2D eigenvalue weighted by molar-refractivity contribution is 0.0596. The van der Waals surface area contributed by atoms with Crippen LogP contribution in [0, 0.1) is 19.7 Å². The van der Waals surface area contributed by atoms with Gasteiger partial charge in [-0.05, 0) is 37.1 Å². The Morgan fingerprint density at radius 3 is 2.48 bits per heavy atom. The number of hydrogen-bond donors (Lipinski definition) is 0. The Hall–Kier alpha value is -3.74. The fourth-order valence-corrected chi connectivity index (χ4v) is 3.66. The minimum absolute atomic E-state index is 0.0936. The van der Waals surface area contributed by atoms with Crippen LogP contribution in [0.3, 0.4) is 0 Å². The number of rotatable bonds is 5. The number of halogens is 1. The van der Waals surface area contributed by atoms with Crippen LogP contribution in [-0.2, 0) is 11.3 Å². The highest BCUT2D eigenvalue weighted by Crippen LogP contribution is 2.32. The predicted molar refractivity (Wildman–Crippen MR) is 116 cm³/mol. The number of hydrogen-bond acceptors (Lipinski definition) is 5. The maximum atomic E-state index is 15.2. The standard InChI is InChI=1S/C24H22FN3O3/c1-14-10-11-17(19(25)21(14)30-3)22-26-20(24(29)31-4)18-12-15(2)28(23(18)27-22)13-16-8-6-5-7-9-16/h5-12H,13H2,1-4H3. The van der Waals surface area contributed by atoms with Gasteiger partial charge in [-0.25, -0.2) is 19.2 Å². The predicted octanol–water partition coefficient (Wildman–Crippen LogP) is 4.70. The minimum Gasteiger partial charge on any atom is -0.493 e. The average Bonchev–Trinajstić information content (AvgIpc) is 3.08. The van der Waals surface area contributed by atoms with Crippen molar-refractivity contribution in [2.45, 2.75) is 20.4 Å². The largest absolute Gasteiger partial charge is 0.493 e. The first kappa shape index (κ1) is 20.5. The molecule has 4 aromatic rings. The molecular formula is C24H22FN3O3. The molecule has 0 aliphatic heterocycles. The lowest BCUT2D eigenvalue weighted by Crippen LogP contribution is -2.10. The highest BCUT2D eigenvalue weighted by atomic mass is 19.1. The Morgan fingerprint density at radius 2 is 1.81 bits per heavy atom. The summed E-state index contributed by atoms with van der Waals surface area (Å²) in [5.41, 5.74) is 3.41. The van der Waals surface area contributed by atoms with Gasteiger partial charge >= 0.3 is 5.97 Å². The van der Waals surface area contributed by atoms with Gasteiger partial charge in [0.1, 0.15) is 5.65 Å². The average molecular weight is 419 g/mol. The van der Waals surface area contributed by atoms with E-state index in [1.807, 2.05) is 47.9 Å². The van der Waals surface area contributed by atoms with E-state index in [-0.39, 0.29) is 22.8 Å². The Bertz CT molecular complexity index is 1280. The second-order valence-electron chi connectivity index (χ2n) is 7.26. The van der Waals surface area contributed by atoms with Gasteiger partial charge in [0, 0.05) is 12.2 Å². The summed E-state index contributed by atoms with van der Waals surface area (Å²) in [7, 11) is 2.70. The number of benzene rings is 2. The van der Waals surface area contributed by atoms with Gasteiger partial charge in [-0.2, -0.15) is 0 Å². The molecule has 0 spiro atoms. The van der Waals surface area contributed by atoms with E-state index in [4.69, 9.17) is 9.47 Å². The fraction of sp³-hybridized carbons (Fsp3) is 0.208.